The number of anilines is 1. The number of aromatic nitrogens is 1. The summed E-state index contributed by atoms with van der Waals surface area (Å²) in [6.07, 6.45) is 0.674. The first-order chi connectivity index (χ1) is 9.56. The van der Waals surface area contributed by atoms with Crippen LogP contribution in [0.3, 0.4) is 0 Å². The highest BCUT2D eigenvalue weighted by Gasteiger charge is 2.11. The van der Waals surface area contributed by atoms with Crippen LogP contribution in [-0.2, 0) is 6.42 Å². The van der Waals surface area contributed by atoms with E-state index in [2.05, 4.69) is 10.3 Å². The Morgan fingerprint density at radius 1 is 1.25 bits per heavy atom. The number of carboxylic acid groups (broad SMARTS) is 1. The first-order valence-electron chi connectivity index (χ1n) is 5.94. The van der Waals surface area contributed by atoms with Crippen molar-refractivity contribution in [2.24, 2.45) is 0 Å². The third-order valence-electron chi connectivity index (χ3n) is 2.68. The van der Waals surface area contributed by atoms with Gasteiger partial charge in [0, 0.05) is 6.54 Å². The number of benzene rings is 1. The fourth-order valence-electron chi connectivity index (χ4n) is 1.68. The van der Waals surface area contributed by atoms with Crippen molar-refractivity contribution in [2.45, 2.75) is 6.42 Å². The molecule has 2 N–H and O–H groups in total. The van der Waals surface area contributed by atoms with Crippen molar-refractivity contribution in [3.63, 3.8) is 0 Å². The highest BCUT2D eigenvalue weighted by Crippen LogP contribution is 2.16. The molecule has 2 aromatic rings. The number of halogens is 2. The molecule has 1 heterocycles. The summed E-state index contributed by atoms with van der Waals surface area (Å²) in [6, 6.07) is 9.30. The number of pyridine rings is 1. The Hall–Kier alpha value is -2.14. The molecule has 20 heavy (non-hydrogen) atoms. The van der Waals surface area contributed by atoms with Gasteiger partial charge in [-0.25, -0.2) is 14.2 Å². The Balaban J connectivity index is 1.96. The van der Waals surface area contributed by atoms with Gasteiger partial charge in [0.05, 0.1) is 5.02 Å². The van der Waals surface area contributed by atoms with Gasteiger partial charge < -0.3 is 10.4 Å². The van der Waals surface area contributed by atoms with Gasteiger partial charge in [-0.15, -0.1) is 0 Å². The third kappa shape index (κ3) is 3.68. The van der Waals surface area contributed by atoms with Gasteiger partial charge in [0.15, 0.2) is 5.69 Å². The molecule has 1 aromatic carbocycles. The minimum atomic E-state index is -1.17. The predicted molar refractivity (Wildman–Crippen MR) is 74.8 cm³/mol. The van der Waals surface area contributed by atoms with Crippen LogP contribution in [0.15, 0.2) is 36.4 Å². The quantitative estimate of drug-likeness (QED) is 0.889. The summed E-state index contributed by atoms with van der Waals surface area (Å²) in [5, 5.41) is 12.0. The van der Waals surface area contributed by atoms with Gasteiger partial charge in [0.2, 0.25) is 0 Å². The molecule has 0 unspecified atom stereocenters. The molecule has 0 bridgehead atoms. The zero-order chi connectivity index (χ0) is 14.5. The highest BCUT2D eigenvalue weighted by atomic mass is 35.5. The minimum Gasteiger partial charge on any atom is -0.476 e. The molecular formula is C14H12ClFN2O2. The van der Waals surface area contributed by atoms with E-state index in [1.54, 1.807) is 18.2 Å². The maximum Gasteiger partial charge on any atom is 0.356 e. The summed E-state index contributed by atoms with van der Waals surface area (Å²) in [5.41, 5.74) is 0.796. The zero-order valence-electron chi connectivity index (χ0n) is 10.4. The van der Waals surface area contributed by atoms with Crippen LogP contribution in [0.1, 0.15) is 16.1 Å². The van der Waals surface area contributed by atoms with Crippen LogP contribution in [0.2, 0.25) is 5.02 Å². The van der Waals surface area contributed by atoms with Crippen LogP contribution in [0.5, 0.6) is 0 Å². The summed E-state index contributed by atoms with van der Waals surface area (Å²) in [5.74, 6) is -1.00. The number of nitrogens with one attached hydrogen (secondary N) is 1. The standard InChI is InChI=1S/C14H12ClFN2O2/c15-11-5-6-12(18-13(11)14(19)20)17-8-7-9-1-3-10(16)4-2-9/h1-6H,7-8H2,(H,17,18)(H,19,20). The molecule has 0 fully saturated rings. The molecular weight excluding hydrogens is 283 g/mol. The predicted octanol–water partition coefficient (Wildman–Crippen LogP) is 3.23. The van der Waals surface area contributed by atoms with E-state index in [0.29, 0.717) is 18.8 Å². The average molecular weight is 295 g/mol. The fourth-order valence-corrected chi connectivity index (χ4v) is 1.86. The van der Waals surface area contributed by atoms with Crippen molar-refractivity contribution in [1.29, 1.82) is 0 Å². The maximum atomic E-state index is 12.7. The molecule has 0 saturated carbocycles. The number of aromatic carboxylic acids is 1. The zero-order valence-corrected chi connectivity index (χ0v) is 11.2. The SMILES string of the molecule is O=C(O)c1nc(NCCc2ccc(F)cc2)ccc1Cl. The van der Waals surface area contributed by atoms with Gasteiger partial charge >= 0.3 is 5.97 Å². The van der Waals surface area contributed by atoms with E-state index in [-0.39, 0.29) is 16.5 Å². The van der Waals surface area contributed by atoms with E-state index in [4.69, 9.17) is 16.7 Å². The lowest BCUT2D eigenvalue weighted by Crippen LogP contribution is -2.09. The molecule has 0 aliphatic carbocycles. The van der Waals surface area contributed by atoms with Gasteiger partial charge in [-0.1, -0.05) is 23.7 Å². The van der Waals surface area contributed by atoms with Gasteiger partial charge in [-0.2, -0.15) is 0 Å². The molecule has 2 rings (SSSR count). The second-order valence-corrected chi connectivity index (χ2v) is 4.54. The van der Waals surface area contributed by atoms with Crippen LogP contribution in [0.4, 0.5) is 10.2 Å². The second-order valence-electron chi connectivity index (χ2n) is 4.14. The van der Waals surface area contributed by atoms with Crippen LogP contribution in [0.25, 0.3) is 0 Å². The highest BCUT2D eigenvalue weighted by molar-refractivity contribution is 6.33. The van der Waals surface area contributed by atoms with Gasteiger partial charge in [0.25, 0.3) is 0 Å². The van der Waals surface area contributed by atoms with Crippen LogP contribution < -0.4 is 5.32 Å². The van der Waals surface area contributed by atoms with E-state index in [9.17, 15) is 9.18 Å². The topological polar surface area (TPSA) is 62.2 Å². The van der Waals surface area contributed by atoms with Gasteiger partial charge in [0.1, 0.15) is 11.6 Å². The van der Waals surface area contributed by atoms with Crippen molar-refractivity contribution in [3.8, 4) is 0 Å². The monoisotopic (exact) mass is 294 g/mol. The Morgan fingerprint density at radius 3 is 2.60 bits per heavy atom. The number of nitrogens with zero attached hydrogens (tertiary/aromatic N) is 1. The Labute approximate surface area is 120 Å². The molecule has 0 radical (unpaired) electrons. The smallest absolute Gasteiger partial charge is 0.356 e. The van der Waals surface area contributed by atoms with Crippen molar-refractivity contribution < 1.29 is 14.3 Å². The van der Waals surface area contributed by atoms with Crippen LogP contribution >= 0.6 is 11.6 Å². The number of rotatable bonds is 5. The van der Waals surface area contributed by atoms with E-state index in [0.717, 1.165) is 5.56 Å². The van der Waals surface area contributed by atoms with Gasteiger partial charge in [-0.3, -0.25) is 0 Å². The van der Waals surface area contributed by atoms with E-state index in [1.807, 2.05) is 0 Å². The molecule has 6 heteroatoms. The van der Waals surface area contributed by atoms with Crippen molar-refractivity contribution in [2.75, 3.05) is 11.9 Å². The molecule has 0 saturated heterocycles. The first kappa shape index (κ1) is 14.3. The molecule has 104 valence electrons. The minimum absolute atomic E-state index is 0.0987. The number of hydrogen-bond donors (Lipinski definition) is 2. The van der Waals surface area contributed by atoms with E-state index < -0.39 is 5.97 Å². The van der Waals surface area contributed by atoms with Crippen LogP contribution in [-0.4, -0.2) is 22.6 Å². The lowest BCUT2D eigenvalue weighted by atomic mass is 10.1. The van der Waals surface area contributed by atoms with E-state index >= 15 is 0 Å². The first-order valence-corrected chi connectivity index (χ1v) is 6.32. The largest absolute Gasteiger partial charge is 0.476 e. The average Bonchev–Trinajstić information content (AvgIpc) is 2.42. The molecule has 0 atom stereocenters. The third-order valence-corrected chi connectivity index (χ3v) is 2.99. The molecule has 0 aliphatic heterocycles. The fraction of sp³-hybridized carbons (Fsp3) is 0.143. The second kappa shape index (κ2) is 6.34. The summed E-state index contributed by atoms with van der Waals surface area (Å²) in [7, 11) is 0. The Bertz CT molecular complexity index is 617. The van der Waals surface area contributed by atoms with Crippen molar-refractivity contribution >= 4 is 23.4 Å². The lowest BCUT2D eigenvalue weighted by Gasteiger charge is -2.07. The van der Waals surface area contributed by atoms with Crippen LogP contribution in [0, 0.1) is 5.82 Å². The van der Waals surface area contributed by atoms with Gasteiger partial charge in [-0.05, 0) is 36.2 Å². The number of carbonyl (C=O) groups is 1. The summed E-state index contributed by atoms with van der Waals surface area (Å²) < 4.78 is 12.7. The molecule has 0 aliphatic rings. The Kier molecular flexibility index (Phi) is 4.53. The summed E-state index contributed by atoms with van der Waals surface area (Å²) in [4.78, 5) is 14.8. The molecule has 0 amide bonds. The molecule has 1 aromatic heterocycles. The Morgan fingerprint density at radius 2 is 1.95 bits per heavy atom. The summed E-state index contributed by atoms with van der Waals surface area (Å²) in [6.45, 7) is 0.555. The number of carboxylic acids is 1. The number of hydrogen-bond acceptors (Lipinski definition) is 3. The summed E-state index contributed by atoms with van der Waals surface area (Å²) >= 11 is 5.73. The normalized spacial score (nSPS) is 10.3. The maximum absolute atomic E-state index is 12.7. The van der Waals surface area contributed by atoms with E-state index in [1.165, 1.54) is 18.2 Å². The lowest BCUT2D eigenvalue weighted by molar-refractivity contribution is 0.0691. The van der Waals surface area contributed by atoms with Crippen molar-refractivity contribution in [3.05, 3.63) is 58.5 Å². The molecule has 4 nitrogen and oxygen atoms in total. The molecule has 0 spiro atoms. The van der Waals surface area contributed by atoms with Crippen molar-refractivity contribution in [1.82, 2.24) is 4.98 Å².